The Morgan fingerprint density at radius 3 is 2.42 bits per heavy atom. The van der Waals surface area contributed by atoms with Crippen LogP contribution < -0.4 is 5.32 Å². The standard InChI is InChI=1S/C15H16Cl3NO5/c1-9-4-2-3-5-10(9)12(20)7-6-11(13(21)22)19-14(23)24-8-15(16,17)18/h2-5,11H,6-8H2,1H3,(H,19,23)(H,21,22). The van der Waals surface area contributed by atoms with Crippen LogP contribution in [0.5, 0.6) is 0 Å². The second kappa shape index (κ2) is 9.11. The van der Waals surface area contributed by atoms with Crippen LogP contribution in [0.2, 0.25) is 0 Å². The van der Waals surface area contributed by atoms with E-state index in [1.54, 1.807) is 31.2 Å². The monoisotopic (exact) mass is 395 g/mol. The molecule has 0 aliphatic heterocycles. The summed E-state index contributed by atoms with van der Waals surface area (Å²) in [6.07, 6.45) is -1.19. The average molecular weight is 397 g/mol. The molecule has 132 valence electrons. The molecule has 9 heteroatoms. The fourth-order valence-corrected chi connectivity index (χ4v) is 2.05. The van der Waals surface area contributed by atoms with Crippen molar-refractivity contribution in [1.82, 2.24) is 5.32 Å². The zero-order valence-corrected chi connectivity index (χ0v) is 15.0. The summed E-state index contributed by atoms with van der Waals surface area (Å²) in [5.74, 6) is -1.51. The topological polar surface area (TPSA) is 92.7 Å². The summed E-state index contributed by atoms with van der Waals surface area (Å²) in [7, 11) is 0. The van der Waals surface area contributed by atoms with Gasteiger partial charge in [-0.2, -0.15) is 0 Å². The second-order valence-electron chi connectivity index (χ2n) is 5.00. The molecular formula is C15H16Cl3NO5. The van der Waals surface area contributed by atoms with Crippen molar-refractivity contribution in [2.75, 3.05) is 6.61 Å². The summed E-state index contributed by atoms with van der Waals surface area (Å²) in [6.45, 7) is 1.26. The van der Waals surface area contributed by atoms with E-state index in [0.29, 0.717) is 5.56 Å². The zero-order chi connectivity index (χ0) is 18.3. The van der Waals surface area contributed by atoms with Crippen molar-refractivity contribution in [3.8, 4) is 0 Å². The first-order valence-electron chi connectivity index (χ1n) is 6.92. The number of amides is 1. The van der Waals surface area contributed by atoms with Crippen molar-refractivity contribution < 1.29 is 24.2 Å². The molecule has 0 radical (unpaired) electrons. The summed E-state index contributed by atoms with van der Waals surface area (Å²) >= 11 is 16.3. The number of ether oxygens (including phenoxy) is 1. The van der Waals surface area contributed by atoms with Crippen LogP contribution in [-0.2, 0) is 9.53 Å². The first kappa shape index (κ1) is 20.5. The summed E-state index contributed by atoms with van der Waals surface area (Å²) < 4.78 is 2.81. The molecule has 1 unspecified atom stereocenters. The number of nitrogens with one attached hydrogen (secondary N) is 1. The molecule has 0 heterocycles. The lowest BCUT2D eigenvalue weighted by Crippen LogP contribution is -2.42. The molecule has 1 aromatic rings. The summed E-state index contributed by atoms with van der Waals surface area (Å²) in [4.78, 5) is 34.9. The maximum atomic E-state index is 12.1. The number of alkyl halides is 3. The Morgan fingerprint density at radius 1 is 1.25 bits per heavy atom. The van der Waals surface area contributed by atoms with Gasteiger partial charge < -0.3 is 15.2 Å². The van der Waals surface area contributed by atoms with Gasteiger partial charge in [0.15, 0.2) is 5.78 Å². The van der Waals surface area contributed by atoms with E-state index in [2.05, 4.69) is 10.1 Å². The van der Waals surface area contributed by atoms with Crippen LogP contribution in [0, 0.1) is 6.92 Å². The number of hydrogen-bond acceptors (Lipinski definition) is 4. The molecule has 1 amide bonds. The molecule has 0 saturated carbocycles. The van der Waals surface area contributed by atoms with E-state index in [4.69, 9.17) is 39.9 Å². The number of aliphatic carboxylic acids is 1. The van der Waals surface area contributed by atoms with Crippen molar-refractivity contribution in [3.63, 3.8) is 0 Å². The van der Waals surface area contributed by atoms with Gasteiger partial charge in [0, 0.05) is 12.0 Å². The van der Waals surface area contributed by atoms with Crippen LogP contribution >= 0.6 is 34.8 Å². The number of aryl methyl sites for hydroxylation is 1. The van der Waals surface area contributed by atoms with Crippen LogP contribution in [0.4, 0.5) is 4.79 Å². The predicted octanol–water partition coefficient (Wildman–Crippen LogP) is 3.51. The van der Waals surface area contributed by atoms with Gasteiger partial charge in [-0.05, 0) is 18.9 Å². The number of halogens is 3. The highest BCUT2D eigenvalue weighted by Gasteiger charge is 2.25. The number of rotatable bonds is 7. The first-order chi connectivity index (χ1) is 11.1. The van der Waals surface area contributed by atoms with Gasteiger partial charge in [-0.15, -0.1) is 0 Å². The maximum Gasteiger partial charge on any atom is 0.407 e. The van der Waals surface area contributed by atoms with Gasteiger partial charge in [-0.3, -0.25) is 4.79 Å². The van der Waals surface area contributed by atoms with E-state index >= 15 is 0 Å². The Hall–Kier alpha value is -1.50. The van der Waals surface area contributed by atoms with Crippen LogP contribution in [0.15, 0.2) is 24.3 Å². The number of Topliss-reactive ketones (excluding diaryl/α,β-unsaturated/α-hetero) is 1. The Labute approximate surface area is 154 Å². The molecule has 0 aliphatic carbocycles. The molecular weight excluding hydrogens is 381 g/mol. The number of hydrogen-bond donors (Lipinski definition) is 2. The highest BCUT2D eigenvalue weighted by molar-refractivity contribution is 6.67. The van der Waals surface area contributed by atoms with Gasteiger partial charge in [0.1, 0.15) is 12.6 Å². The van der Waals surface area contributed by atoms with Crippen LogP contribution in [-0.4, -0.2) is 39.4 Å². The van der Waals surface area contributed by atoms with Gasteiger partial charge >= 0.3 is 12.1 Å². The molecule has 0 aliphatic rings. The van der Waals surface area contributed by atoms with Gasteiger partial charge in [-0.25, -0.2) is 9.59 Å². The fourth-order valence-electron chi connectivity index (χ4n) is 1.88. The molecule has 0 saturated heterocycles. The molecule has 6 nitrogen and oxygen atoms in total. The summed E-state index contributed by atoms with van der Waals surface area (Å²) in [6, 6.07) is 5.68. The van der Waals surface area contributed by atoms with Crippen LogP contribution in [0.3, 0.4) is 0 Å². The van der Waals surface area contributed by atoms with E-state index < -0.39 is 28.5 Å². The van der Waals surface area contributed by atoms with E-state index in [1.165, 1.54) is 0 Å². The molecule has 1 aromatic carbocycles. The Bertz CT molecular complexity index is 615. The number of ketones is 1. The van der Waals surface area contributed by atoms with Gasteiger partial charge in [0.25, 0.3) is 0 Å². The minimum atomic E-state index is -1.79. The van der Waals surface area contributed by atoms with Gasteiger partial charge in [0.05, 0.1) is 0 Å². The van der Waals surface area contributed by atoms with Crippen molar-refractivity contribution in [1.29, 1.82) is 0 Å². The molecule has 0 bridgehead atoms. The maximum absolute atomic E-state index is 12.1. The third-order valence-corrected chi connectivity index (χ3v) is 3.39. The molecule has 1 atom stereocenters. The third kappa shape index (κ3) is 7.38. The second-order valence-corrected chi connectivity index (χ2v) is 7.52. The third-order valence-electron chi connectivity index (χ3n) is 3.06. The van der Waals surface area contributed by atoms with Crippen LogP contribution in [0.25, 0.3) is 0 Å². The van der Waals surface area contributed by atoms with Crippen LogP contribution in [0.1, 0.15) is 28.8 Å². The molecule has 0 fully saturated rings. The lowest BCUT2D eigenvalue weighted by molar-refractivity contribution is -0.139. The van der Waals surface area contributed by atoms with Crippen molar-refractivity contribution in [3.05, 3.63) is 35.4 Å². The summed E-state index contributed by atoms with van der Waals surface area (Å²) in [5, 5.41) is 11.3. The molecule has 2 N–H and O–H groups in total. The Morgan fingerprint density at radius 2 is 1.88 bits per heavy atom. The Kier molecular flexibility index (Phi) is 7.79. The molecule has 0 aromatic heterocycles. The largest absolute Gasteiger partial charge is 0.480 e. The number of carboxylic acid groups (broad SMARTS) is 1. The van der Waals surface area contributed by atoms with E-state index in [-0.39, 0.29) is 18.6 Å². The van der Waals surface area contributed by atoms with Crippen molar-refractivity contribution >= 4 is 52.6 Å². The quantitative estimate of drug-likeness (QED) is 0.543. The molecule has 24 heavy (non-hydrogen) atoms. The van der Waals surface area contributed by atoms with E-state index in [9.17, 15) is 14.4 Å². The van der Waals surface area contributed by atoms with Gasteiger partial charge in [-0.1, -0.05) is 59.1 Å². The SMILES string of the molecule is Cc1ccccc1C(=O)CCC(NC(=O)OCC(Cl)(Cl)Cl)C(=O)O. The zero-order valence-electron chi connectivity index (χ0n) is 12.7. The fraction of sp³-hybridized carbons (Fsp3) is 0.400. The number of carboxylic acids is 1. The number of carbonyl (C=O) groups is 3. The smallest absolute Gasteiger partial charge is 0.407 e. The normalized spacial score (nSPS) is 12.3. The van der Waals surface area contributed by atoms with E-state index in [0.717, 1.165) is 5.56 Å². The lowest BCUT2D eigenvalue weighted by Gasteiger charge is -2.16. The average Bonchev–Trinajstić information content (AvgIpc) is 2.48. The highest BCUT2D eigenvalue weighted by Crippen LogP contribution is 2.25. The molecule has 0 spiro atoms. The number of carbonyl (C=O) groups excluding carboxylic acids is 2. The lowest BCUT2D eigenvalue weighted by atomic mass is 9.99. The Balaban J connectivity index is 2.58. The predicted molar refractivity (Wildman–Crippen MR) is 90.9 cm³/mol. The summed E-state index contributed by atoms with van der Waals surface area (Å²) in [5.41, 5.74) is 1.31. The minimum Gasteiger partial charge on any atom is -0.480 e. The molecule has 1 rings (SSSR count). The highest BCUT2D eigenvalue weighted by atomic mass is 35.6. The first-order valence-corrected chi connectivity index (χ1v) is 8.05. The van der Waals surface area contributed by atoms with Crippen molar-refractivity contribution in [2.24, 2.45) is 0 Å². The van der Waals surface area contributed by atoms with Crippen molar-refractivity contribution in [2.45, 2.75) is 29.6 Å². The number of alkyl carbamates (subject to hydrolysis) is 1. The minimum absolute atomic E-state index is 0.0491. The van der Waals surface area contributed by atoms with E-state index in [1.807, 2.05) is 0 Å². The van der Waals surface area contributed by atoms with Gasteiger partial charge in [0.2, 0.25) is 3.79 Å². The number of benzene rings is 1.